The van der Waals surface area contributed by atoms with Crippen LogP contribution in [0.3, 0.4) is 0 Å². The maximum Gasteiger partial charge on any atom is 0.240 e. The van der Waals surface area contributed by atoms with Crippen molar-refractivity contribution in [1.82, 2.24) is 5.32 Å². The van der Waals surface area contributed by atoms with Crippen LogP contribution in [0.5, 0.6) is 0 Å². The third kappa shape index (κ3) is 2.90. The van der Waals surface area contributed by atoms with Crippen molar-refractivity contribution in [2.75, 3.05) is 24.7 Å². The normalized spacial score (nSPS) is 26.3. The zero-order chi connectivity index (χ0) is 11.4. The smallest absolute Gasteiger partial charge is 0.240 e. The van der Waals surface area contributed by atoms with E-state index in [2.05, 4.69) is 5.32 Å². The van der Waals surface area contributed by atoms with E-state index in [9.17, 15) is 4.79 Å². The minimum atomic E-state index is -0.692. The molecular formula is C11H20N2O2S. The van der Waals surface area contributed by atoms with Gasteiger partial charge in [-0.05, 0) is 37.2 Å². The third-order valence-electron chi connectivity index (χ3n) is 3.39. The summed E-state index contributed by atoms with van der Waals surface area (Å²) < 4.78 is 5.24. The molecule has 2 aliphatic heterocycles. The second kappa shape index (κ2) is 5.38. The highest BCUT2D eigenvalue weighted by Crippen LogP contribution is 2.21. The maximum absolute atomic E-state index is 12.1. The number of thioether (sulfide) groups is 1. The summed E-state index contributed by atoms with van der Waals surface area (Å²) in [6.45, 7) is 1.20. The van der Waals surface area contributed by atoms with E-state index in [0.717, 1.165) is 24.3 Å². The Morgan fingerprint density at radius 3 is 2.56 bits per heavy atom. The van der Waals surface area contributed by atoms with Gasteiger partial charge in [0, 0.05) is 19.3 Å². The van der Waals surface area contributed by atoms with Crippen LogP contribution < -0.4 is 11.1 Å². The zero-order valence-electron chi connectivity index (χ0n) is 9.54. The number of hydrogen-bond donors (Lipinski definition) is 2. The Morgan fingerprint density at radius 1 is 1.31 bits per heavy atom. The second-order valence-corrected chi connectivity index (χ2v) is 5.85. The van der Waals surface area contributed by atoms with Crippen molar-refractivity contribution in [3.05, 3.63) is 0 Å². The summed E-state index contributed by atoms with van der Waals surface area (Å²) in [6, 6.07) is 0.331. The molecule has 0 aliphatic carbocycles. The van der Waals surface area contributed by atoms with E-state index < -0.39 is 5.54 Å². The van der Waals surface area contributed by atoms with Gasteiger partial charge in [0.2, 0.25) is 5.91 Å². The molecule has 0 radical (unpaired) electrons. The molecule has 16 heavy (non-hydrogen) atoms. The number of carbonyl (C=O) groups excluding carboxylic acids is 1. The topological polar surface area (TPSA) is 64.4 Å². The predicted octanol–water partition coefficient (Wildman–Crippen LogP) is 0.506. The molecule has 0 aromatic carbocycles. The summed E-state index contributed by atoms with van der Waals surface area (Å²) in [5.41, 5.74) is 5.43. The van der Waals surface area contributed by atoms with Crippen LogP contribution in [-0.4, -0.2) is 42.2 Å². The van der Waals surface area contributed by atoms with Gasteiger partial charge in [-0.2, -0.15) is 11.8 Å². The van der Waals surface area contributed by atoms with Crippen LogP contribution in [0.4, 0.5) is 0 Å². The summed E-state index contributed by atoms with van der Waals surface area (Å²) in [7, 11) is 0. The highest BCUT2D eigenvalue weighted by molar-refractivity contribution is 7.99. The fraction of sp³-hybridized carbons (Fsp3) is 0.909. The SMILES string of the molecule is NC1(C(=O)NC2CCSCC2)CCOCC1. The molecule has 0 saturated carbocycles. The number of rotatable bonds is 2. The molecule has 0 aromatic heterocycles. The molecule has 2 heterocycles. The van der Waals surface area contributed by atoms with E-state index in [-0.39, 0.29) is 5.91 Å². The summed E-state index contributed by atoms with van der Waals surface area (Å²) >= 11 is 1.96. The molecule has 2 aliphatic rings. The average molecular weight is 244 g/mol. The van der Waals surface area contributed by atoms with Crippen LogP contribution in [0.2, 0.25) is 0 Å². The molecule has 0 atom stereocenters. The molecule has 0 bridgehead atoms. The summed E-state index contributed by atoms with van der Waals surface area (Å²) in [6.07, 6.45) is 3.42. The largest absolute Gasteiger partial charge is 0.381 e. The predicted molar refractivity (Wildman–Crippen MR) is 65.5 cm³/mol. The standard InChI is InChI=1S/C11H20N2O2S/c12-11(3-5-15-6-4-11)10(14)13-9-1-7-16-8-2-9/h9H,1-8,12H2,(H,13,14). The Hall–Kier alpha value is -0.260. The molecular weight excluding hydrogens is 224 g/mol. The summed E-state index contributed by atoms with van der Waals surface area (Å²) in [5.74, 6) is 2.31. The van der Waals surface area contributed by atoms with Crippen LogP contribution >= 0.6 is 11.8 Å². The first-order valence-corrected chi connectivity index (χ1v) is 7.11. The maximum atomic E-state index is 12.1. The van der Waals surface area contributed by atoms with Crippen LogP contribution in [0.25, 0.3) is 0 Å². The Morgan fingerprint density at radius 2 is 1.94 bits per heavy atom. The van der Waals surface area contributed by atoms with Crippen LogP contribution in [-0.2, 0) is 9.53 Å². The first-order chi connectivity index (χ1) is 7.71. The van der Waals surface area contributed by atoms with Gasteiger partial charge in [-0.25, -0.2) is 0 Å². The van der Waals surface area contributed by atoms with Gasteiger partial charge >= 0.3 is 0 Å². The zero-order valence-corrected chi connectivity index (χ0v) is 10.4. The van der Waals surface area contributed by atoms with E-state index >= 15 is 0 Å². The number of amides is 1. The fourth-order valence-corrected chi connectivity index (χ4v) is 3.24. The summed E-state index contributed by atoms with van der Waals surface area (Å²) in [4.78, 5) is 12.1. The van der Waals surface area contributed by atoms with Gasteiger partial charge in [0.15, 0.2) is 0 Å². The van der Waals surface area contributed by atoms with E-state index in [1.54, 1.807) is 0 Å². The van der Waals surface area contributed by atoms with Crippen LogP contribution in [0.15, 0.2) is 0 Å². The Balaban J connectivity index is 1.85. The number of ether oxygens (including phenoxy) is 1. The molecule has 0 spiro atoms. The van der Waals surface area contributed by atoms with E-state index in [1.165, 1.54) is 0 Å². The molecule has 92 valence electrons. The first-order valence-electron chi connectivity index (χ1n) is 5.96. The number of nitrogens with one attached hydrogen (secondary N) is 1. The Kier molecular flexibility index (Phi) is 4.10. The van der Waals surface area contributed by atoms with Crippen molar-refractivity contribution in [2.45, 2.75) is 37.3 Å². The second-order valence-electron chi connectivity index (χ2n) is 4.63. The number of nitrogens with two attached hydrogens (primary N) is 1. The fourth-order valence-electron chi connectivity index (χ4n) is 2.13. The molecule has 1 amide bonds. The lowest BCUT2D eigenvalue weighted by Crippen LogP contribution is -2.59. The quantitative estimate of drug-likeness (QED) is 0.743. The van der Waals surface area contributed by atoms with Crippen molar-refractivity contribution in [3.63, 3.8) is 0 Å². The number of carbonyl (C=O) groups is 1. The molecule has 0 aromatic rings. The molecule has 0 unspecified atom stereocenters. The molecule has 3 N–H and O–H groups in total. The summed E-state index contributed by atoms with van der Waals surface area (Å²) in [5, 5.41) is 3.10. The van der Waals surface area contributed by atoms with Gasteiger partial charge in [0.25, 0.3) is 0 Å². The Bertz CT molecular complexity index is 248. The molecule has 2 saturated heterocycles. The molecule has 2 rings (SSSR count). The Labute approximate surface area is 101 Å². The van der Waals surface area contributed by atoms with Crippen molar-refractivity contribution >= 4 is 17.7 Å². The number of hydrogen-bond acceptors (Lipinski definition) is 4. The third-order valence-corrected chi connectivity index (χ3v) is 4.44. The van der Waals surface area contributed by atoms with Gasteiger partial charge in [-0.3, -0.25) is 4.79 Å². The molecule has 5 heteroatoms. The molecule has 2 fully saturated rings. The average Bonchev–Trinajstić information content (AvgIpc) is 2.31. The van der Waals surface area contributed by atoms with Crippen LogP contribution in [0.1, 0.15) is 25.7 Å². The lowest BCUT2D eigenvalue weighted by Gasteiger charge is -2.34. The lowest BCUT2D eigenvalue weighted by atomic mass is 9.90. The highest BCUT2D eigenvalue weighted by Gasteiger charge is 2.36. The lowest BCUT2D eigenvalue weighted by molar-refractivity contribution is -0.130. The van der Waals surface area contributed by atoms with Crippen LogP contribution in [0, 0.1) is 0 Å². The first kappa shape index (κ1) is 12.2. The van der Waals surface area contributed by atoms with Crippen molar-refractivity contribution in [3.8, 4) is 0 Å². The van der Waals surface area contributed by atoms with E-state index in [4.69, 9.17) is 10.5 Å². The van der Waals surface area contributed by atoms with Gasteiger partial charge in [0.1, 0.15) is 0 Å². The van der Waals surface area contributed by atoms with E-state index in [0.29, 0.717) is 32.1 Å². The van der Waals surface area contributed by atoms with Crippen molar-refractivity contribution in [2.24, 2.45) is 5.73 Å². The monoisotopic (exact) mass is 244 g/mol. The van der Waals surface area contributed by atoms with Gasteiger partial charge in [-0.15, -0.1) is 0 Å². The van der Waals surface area contributed by atoms with Gasteiger partial charge in [0.05, 0.1) is 5.54 Å². The van der Waals surface area contributed by atoms with Gasteiger partial charge < -0.3 is 15.8 Å². The highest BCUT2D eigenvalue weighted by atomic mass is 32.2. The van der Waals surface area contributed by atoms with E-state index in [1.807, 2.05) is 11.8 Å². The van der Waals surface area contributed by atoms with Crippen molar-refractivity contribution in [1.29, 1.82) is 0 Å². The minimum absolute atomic E-state index is 0.0210. The minimum Gasteiger partial charge on any atom is -0.381 e. The molecule has 4 nitrogen and oxygen atoms in total. The van der Waals surface area contributed by atoms with Crippen molar-refractivity contribution < 1.29 is 9.53 Å². The van der Waals surface area contributed by atoms with Gasteiger partial charge in [-0.1, -0.05) is 0 Å².